The average molecular weight is 342 g/mol. The maximum absolute atomic E-state index is 11.8. The molecule has 0 bridgehead atoms. The zero-order valence-electron chi connectivity index (χ0n) is 14.1. The van der Waals surface area contributed by atoms with Gasteiger partial charge >= 0.3 is 5.97 Å². The van der Waals surface area contributed by atoms with Crippen LogP contribution in [0.2, 0.25) is 0 Å². The molecule has 0 aliphatic heterocycles. The minimum absolute atomic E-state index is 0.425. The molecule has 0 saturated heterocycles. The van der Waals surface area contributed by atoms with E-state index in [0.29, 0.717) is 11.5 Å². The lowest BCUT2D eigenvalue weighted by molar-refractivity contribution is -0.128. The van der Waals surface area contributed by atoms with Gasteiger partial charge in [0.25, 0.3) is 0 Å². The van der Waals surface area contributed by atoms with Gasteiger partial charge in [0.05, 0.1) is 6.26 Å². The van der Waals surface area contributed by atoms with E-state index in [9.17, 15) is 4.79 Å². The van der Waals surface area contributed by atoms with Gasteiger partial charge in [0.2, 0.25) is 0 Å². The minimum Gasteiger partial charge on any atom is -0.465 e. The molecule has 0 saturated carbocycles. The SMILES string of the molecule is O=C(/C=C/c1ccccc1)Oc1ccc(O/C=C/c2ccccc2)cc1. The van der Waals surface area contributed by atoms with Crippen LogP contribution in [0.5, 0.6) is 11.5 Å². The van der Waals surface area contributed by atoms with Crippen LogP contribution < -0.4 is 9.47 Å². The standard InChI is InChI=1S/C23H18O3/c24-23(16-11-19-7-3-1-4-8-19)26-22-14-12-21(13-15-22)25-18-17-20-9-5-2-6-10-20/h1-18H/b16-11+,18-17+. The van der Waals surface area contributed by atoms with Crippen molar-refractivity contribution in [3.8, 4) is 11.5 Å². The summed E-state index contributed by atoms with van der Waals surface area (Å²) in [5, 5.41) is 0. The zero-order chi connectivity index (χ0) is 18.0. The number of hydrogen-bond acceptors (Lipinski definition) is 3. The molecule has 3 heteroatoms. The lowest BCUT2D eigenvalue weighted by Crippen LogP contribution is -2.03. The van der Waals surface area contributed by atoms with Crippen LogP contribution in [0.25, 0.3) is 12.2 Å². The third-order valence-electron chi connectivity index (χ3n) is 3.52. The first kappa shape index (κ1) is 17.2. The fourth-order valence-electron chi connectivity index (χ4n) is 2.22. The largest absolute Gasteiger partial charge is 0.465 e. The van der Waals surface area contributed by atoms with Crippen molar-refractivity contribution in [2.45, 2.75) is 0 Å². The molecule has 0 aliphatic carbocycles. The molecule has 128 valence electrons. The van der Waals surface area contributed by atoms with E-state index in [1.807, 2.05) is 66.7 Å². The van der Waals surface area contributed by atoms with Gasteiger partial charge in [-0.1, -0.05) is 60.7 Å². The normalized spacial score (nSPS) is 10.9. The second-order valence-electron chi connectivity index (χ2n) is 5.47. The first-order valence-electron chi connectivity index (χ1n) is 8.23. The Kier molecular flexibility index (Phi) is 5.99. The number of ether oxygens (including phenoxy) is 2. The Labute approximate surface area is 152 Å². The van der Waals surface area contributed by atoms with Crippen molar-refractivity contribution >= 4 is 18.1 Å². The molecule has 3 aromatic carbocycles. The van der Waals surface area contributed by atoms with Crippen LogP contribution in [0.1, 0.15) is 11.1 Å². The molecule has 0 aromatic heterocycles. The Morgan fingerprint density at radius 2 is 1.19 bits per heavy atom. The van der Waals surface area contributed by atoms with Crippen molar-refractivity contribution in [2.24, 2.45) is 0 Å². The summed E-state index contributed by atoms with van der Waals surface area (Å²) in [5.74, 6) is 0.704. The van der Waals surface area contributed by atoms with Gasteiger partial charge in [-0.2, -0.15) is 0 Å². The van der Waals surface area contributed by atoms with Gasteiger partial charge in [-0.25, -0.2) is 4.79 Å². The fourth-order valence-corrected chi connectivity index (χ4v) is 2.22. The van der Waals surface area contributed by atoms with Gasteiger partial charge in [-0.3, -0.25) is 0 Å². The topological polar surface area (TPSA) is 35.5 Å². The molecule has 0 fully saturated rings. The fraction of sp³-hybridized carbons (Fsp3) is 0. The number of benzene rings is 3. The Bertz CT molecular complexity index is 880. The molecule has 0 amide bonds. The maximum atomic E-state index is 11.8. The van der Waals surface area contributed by atoms with Gasteiger partial charge in [0.1, 0.15) is 11.5 Å². The highest BCUT2D eigenvalue weighted by Crippen LogP contribution is 2.18. The number of hydrogen-bond donors (Lipinski definition) is 0. The van der Waals surface area contributed by atoms with Crippen LogP contribution in [0, 0.1) is 0 Å². The predicted octanol–water partition coefficient (Wildman–Crippen LogP) is 5.36. The summed E-state index contributed by atoms with van der Waals surface area (Å²) in [6, 6.07) is 26.4. The van der Waals surface area contributed by atoms with Crippen LogP contribution in [0.4, 0.5) is 0 Å². The molecule has 0 aliphatic rings. The van der Waals surface area contributed by atoms with Gasteiger partial charge < -0.3 is 9.47 Å². The van der Waals surface area contributed by atoms with Crippen molar-refractivity contribution < 1.29 is 14.3 Å². The van der Waals surface area contributed by atoms with E-state index in [1.165, 1.54) is 6.08 Å². The first-order chi connectivity index (χ1) is 12.8. The van der Waals surface area contributed by atoms with Crippen molar-refractivity contribution in [3.63, 3.8) is 0 Å². The zero-order valence-corrected chi connectivity index (χ0v) is 14.1. The molecule has 0 heterocycles. The lowest BCUT2D eigenvalue weighted by Gasteiger charge is -2.03. The molecule has 0 radical (unpaired) electrons. The van der Waals surface area contributed by atoms with Gasteiger partial charge in [0, 0.05) is 6.08 Å². The van der Waals surface area contributed by atoms with Crippen LogP contribution in [0.15, 0.2) is 97.3 Å². The van der Waals surface area contributed by atoms with Crippen LogP contribution >= 0.6 is 0 Å². The average Bonchev–Trinajstić information content (AvgIpc) is 2.69. The molecule has 0 N–H and O–H groups in total. The van der Waals surface area contributed by atoms with Crippen molar-refractivity contribution in [2.75, 3.05) is 0 Å². The molecule has 3 rings (SSSR count). The Morgan fingerprint density at radius 3 is 1.81 bits per heavy atom. The van der Waals surface area contributed by atoms with Crippen LogP contribution in [0.3, 0.4) is 0 Å². The van der Waals surface area contributed by atoms with Crippen LogP contribution in [-0.4, -0.2) is 5.97 Å². The van der Waals surface area contributed by atoms with Crippen molar-refractivity contribution in [1.82, 2.24) is 0 Å². The minimum atomic E-state index is -0.425. The molecular formula is C23H18O3. The Morgan fingerprint density at radius 1 is 0.654 bits per heavy atom. The predicted molar refractivity (Wildman–Crippen MR) is 104 cm³/mol. The van der Waals surface area contributed by atoms with E-state index in [0.717, 1.165) is 11.1 Å². The highest BCUT2D eigenvalue weighted by molar-refractivity contribution is 5.88. The lowest BCUT2D eigenvalue weighted by atomic mass is 10.2. The molecule has 3 nitrogen and oxygen atoms in total. The quantitative estimate of drug-likeness (QED) is 0.262. The smallest absolute Gasteiger partial charge is 0.336 e. The molecule has 0 atom stereocenters. The Balaban J connectivity index is 1.52. The monoisotopic (exact) mass is 342 g/mol. The van der Waals surface area contributed by atoms with E-state index >= 15 is 0 Å². The van der Waals surface area contributed by atoms with E-state index in [1.54, 1.807) is 36.6 Å². The van der Waals surface area contributed by atoms with Crippen molar-refractivity contribution in [1.29, 1.82) is 0 Å². The summed E-state index contributed by atoms with van der Waals surface area (Å²) in [7, 11) is 0. The highest BCUT2D eigenvalue weighted by Gasteiger charge is 2.01. The van der Waals surface area contributed by atoms with E-state index in [2.05, 4.69) is 0 Å². The first-order valence-corrected chi connectivity index (χ1v) is 8.23. The van der Waals surface area contributed by atoms with E-state index < -0.39 is 5.97 Å². The maximum Gasteiger partial charge on any atom is 0.336 e. The third kappa shape index (κ3) is 5.49. The van der Waals surface area contributed by atoms with Crippen molar-refractivity contribution in [3.05, 3.63) is 108 Å². The summed E-state index contributed by atoms with van der Waals surface area (Å²) in [6.07, 6.45) is 6.62. The second-order valence-corrected chi connectivity index (χ2v) is 5.47. The molecule has 0 unspecified atom stereocenters. The summed E-state index contributed by atoms with van der Waals surface area (Å²) in [4.78, 5) is 11.8. The van der Waals surface area contributed by atoms with Gasteiger partial charge in [-0.15, -0.1) is 0 Å². The number of esters is 1. The number of carbonyl (C=O) groups excluding carboxylic acids is 1. The van der Waals surface area contributed by atoms with E-state index in [-0.39, 0.29) is 0 Å². The highest BCUT2D eigenvalue weighted by atomic mass is 16.5. The summed E-state index contributed by atoms with van der Waals surface area (Å²) in [5.41, 5.74) is 2.00. The molecule has 0 spiro atoms. The van der Waals surface area contributed by atoms with Crippen LogP contribution in [-0.2, 0) is 4.79 Å². The molecule has 3 aromatic rings. The second kappa shape index (κ2) is 9.04. The third-order valence-corrected chi connectivity index (χ3v) is 3.52. The molecule has 26 heavy (non-hydrogen) atoms. The van der Waals surface area contributed by atoms with Gasteiger partial charge in [0.15, 0.2) is 0 Å². The summed E-state index contributed by atoms with van der Waals surface area (Å²) in [6.45, 7) is 0. The molecular weight excluding hydrogens is 324 g/mol. The number of carbonyl (C=O) groups is 1. The summed E-state index contributed by atoms with van der Waals surface area (Å²) >= 11 is 0. The van der Waals surface area contributed by atoms with Gasteiger partial charge in [-0.05, 0) is 47.5 Å². The summed E-state index contributed by atoms with van der Waals surface area (Å²) < 4.78 is 10.8. The number of rotatable bonds is 6. The van der Waals surface area contributed by atoms with E-state index in [4.69, 9.17) is 9.47 Å². The Hall–Kier alpha value is -3.59.